The highest BCUT2D eigenvalue weighted by Gasteiger charge is 2.16. The molecule has 0 aromatic heterocycles. The van der Waals surface area contributed by atoms with E-state index < -0.39 is 0 Å². The Morgan fingerprint density at radius 3 is 2.66 bits per heavy atom. The van der Waals surface area contributed by atoms with Crippen LogP contribution in [0.15, 0.2) is 72.8 Å². The molecule has 4 aromatic rings. The predicted molar refractivity (Wildman–Crippen MR) is 189 cm³/mol. The predicted octanol–water partition coefficient (Wildman–Crippen LogP) is 8.94. The molecular formula is C41H47NO5. The van der Waals surface area contributed by atoms with Crippen molar-refractivity contribution >= 4 is 22.2 Å². The Morgan fingerprint density at radius 2 is 1.79 bits per heavy atom. The van der Waals surface area contributed by atoms with Crippen molar-refractivity contribution in [3.05, 3.63) is 95.1 Å². The lowest BCUT2D eigenvalue weighted by Gasteiger charge is -2.15. The Labute approximate surface area is 279 Å². The van der Waals surface area contributed by atoms with Gasteiger partial charge in [0.15, 0.2) is 11.5 Å². The molecular weight excluding hydrogens is 586 g/mol. The molecule has 2 aliphatic rings. The van der Waals surface area contributed by atoms with Crippen molar-refractivity contribution in [2.45, 2.75) is 90.3 Å². The van der Waals surface area contributed by atoms with E-state index in [9.17, 15) is 9.90 Å². The average Bonchev–Trinajstić information content (AvgIpc) is 3.08. The van der Waals surface area contributed by atoms with Crippen LogP contribution in [-0.2, 0) is 35.4 Å². The van der Waals surface area contributed by atoms with Crippen LogP contribution >= 0.6 is 0 Å². The van der Waals surface area contributed by atoms with E-state index in [0.29, 0.717) is 43.8 Å². The van der Waals surface area contributed by atoms with Crippen LogP contribution in [0.2, 0.25) is 0 Å². The zero-order chi connectivity index (χ0) is 32.8. The van der Waals surface area contributed by atoms with Gasteiger partial charge in [0.1, 0.15) is 30.4 Å². The number of aryl methyl sites for hydroxylation is 2. The molecule has 6 rings (SSSR count). The molecule has 0 saturated heterocycles. The van der Waals surface area contributed by atoms with E-state index in [0.717, 1.165) is 66.1 Å². The maximum Gasteiger partial charge on any atom is 0.161 e. The molecule has 6 heteroatoms. The second-order valence-electron chi connectivity index (χ2n) is 12.4. The molecule has 2 heterocycles. The lowest BCUT2D eigenvalue weighted by Crippen LogP contribution is -2.16. The fourth-order valence-electron chi connectivity index (χ4n) is 6.22. The van der Waals surface area contributed by atoms with Crippen LogP contribution in [0.25, 0.3) is 10.8 Å². The monoisotopic (exact) mass is 633 g/mol. The number of ether oxygens (including phenoxy) is 3. The normalized spacial score (nSPS) is 15.1. The molecule has 0 aliphatic carbocycles. The molecule has 2 aliphatic heterocycles. The molecule has 0 unspecified atom stereocenters. The van der Waals surface area contributed by atoms with Gasteiger partial charge in [0.05, 0.1) is 7.11 Å². The Hall–Kier alpha value is -4.63. The lowest BCUT2D eigenvalue weighted by molar-refractivity contribution is -0.121. The average molecular weight is 634 g/mol. The summed E-state index contributed by atoms with van der Waals surface area (Å²) in [4.78, 5) is 13.1. The molecule has 6 nitrogen and oxygen atoms in total. The first-order valence-electron chi connectivity index (χ1n) is 17.0. The summed E-state index contributed by atoms with van der Waals surface area (Å²) in [6.45, 7) is 3.41. The minimum absolute atomic E-state index is 0.160. The maximum absolute atomic E-state index is 13.1. The van der Waals surface area contributed by atoms with Crippen LogP contribution in [-0.4, -0.2) is 30.6 Å². The summed E-state index contributed by atoms with van der Waals surface area (Å²) in [6.07, 6.45) is 11.8. The van der Waals surface area contributed by atoms with E-state index in [1.54, 1.807) is 13.2 Å². The fourth-order valence-corrected chi connectivity index (χ4v) is 6.22. The van der Waals surface area contributed by atoms with Gasteiger partial charge in [0, 0.05) is 37.1 Å². The van der Waals surface area contributed by atoms with E-state index in [4.69, 9.17) is 14.2 Å². The molecule has 0 amide bonds. The number of fused-ring (bicyclic) bond motifs is 9. The minimum Gasteiger partial charge on any atom is -0.508 e. The summed E-state index contributed by atoms with van der Waals surface area (Å²) >= 11 is 0. The number of methoxy groups -OCH3 is 1. The third-order valence-corrected chi connectivity index (χ3v) is 8.80. The van der Waals surface area contributed by atoms with Crippen LogP contribution in [0.5, 0.6) is 17.2 Å². The molecule has 0 saturated carbocycles. The van der Waals surface area contributed by atoms with Gasteiger partial charge in [-0.05, 0) is 103 Å². The van der Waals surface area contributed by atoms with Crippen LogP contribution in [0, 0.1) is 12.0 Å². The lowest BCUT2D eigenvalue weighted by atomic mass is 9.99. The topological polar surface area (TPSA) is 77.0 Å². The highest BCUT2D eigenvalue weighted by molar-refractivity contribution is 5.88. The fraction of sp³-hybridized carbons (Fsp3) is 0.390. The second-order valence-corrected chi connectivity index (χ2v) is 12.4. The van der Waals surface area contributed by atoms with E-state index in [-0.39, 0.29) is 17.6 Å². The van der Waals surface area contributed by atoms with Gasteiger partial charge >= 0.3 is 0 Å². The number of rotatable bonds is 11. The van der Waals surface area contributed by atoms with Crippen molar-refractivity contribution in [3.63, 3.8) is 0 Å². The van der Waals surface area contributed by atoms with Gasteiger partial charge in [-0.2, -0.15) is 0 Å². The maximum atomic E-state index is 13.1. The number of ketones is 1. The Balaban J connectivity index is 1.23. The summed E-state index contributed by atoms with van der Waals surface area (Å²) < 4.78 is 17.8. The minimum atomic E-state index is -0.260. The summed E-state index contributed by atoms with van der Waals surface area (Å²) in [5, 5.41) is 16.0. The second kappa shape index (κ2) is 17.3. The number of hydrogen-bond donors (Lipinski definition) is 2. The summed E-state index contributed by atoms with van der Waals surface area (Å²) in [7, 11) is 1.63. The van der Waals surface area contributed by atoms with Crippen molar-refractivity contribution in [1.29, 1.82) is 0 Å². The zero-order valence-corrected chi connectivity index (χ0v) is 27.8. The van der Waals surface area contributed by atoms with Crippen molar-refractivity contribution < 1.29 is 24.1 Å². The van der Waals surface area contributed by atoms with Crippen LogP contribution < -0.4 is 14.8 Å². The van der Waals surface area contributed by atoms with E-state index in [1.807, 2.05) is 36.4 Å². The molecule has 1 atom stereocenters. The van der Waals surface area contributed by atoms with Gasteiger partial charge < -0.3 is 24.6 Å². The standard InChI is InChI=1S/C41H47NO5/c1-3-42-34-13-9-12-30(26-34)11-7-5-4-6-8-14-36-28-35(43)20-16-31-18-23-40(45-2)41(27-31)47-29-32-17-21-37-33(25-32)19-22-39(44)38(37)15-10-24-46-36/h9,12-13,17-19,21-23,25-27,36,42,44H,3-8,11,14-16,20,28-29H2,1-2H3/t36-/m1/s1. The molecule has 47 heavy (non-hydrogen) atoms. The number of hydrogen-bond acceptors (Lipinski definition) is 6. The highest BCUT2D eigenvalue weighted by atomic mass is 16.5. The number of phenols is 1. The molecule has 0 spiro atoms. The number of carbonyl (C=O) groups excluding carboxylic acids is 1. The van der Waals surface area contributed by atoms with Crippen molar-refractivity contribution in [2.75, 3.05) is 19.0 Å². The number of unbranched alkanes of at least 4 members (excludes halogenated alkanes) is 4. The summed E-state index contributed by atoms with van der Waals surface area (Å²) in [5.41, 5.74) is 5.35. The van der Waals surface area contributed by atoms with Crippen molar-refractivity contribution in [2.24, 2.45) is 0 Å². The number of aromatic hydroxyl groups is 1. The first-order chi connectivity index (χ1) is 23.0. The first-order valence-corrected chi connectivity index (χ1v) is 17.0. The van der Waals surface area contributed by atoms with Gasteiger partial charge in [-0.3, -0.25) is 4.79 Å². The third-order valence-electron chi connectivity index (χ3n) is 8.80. The molecule has 0 radical (unpaired) electrons. The van der Waals surface area contributed by atoms with Crippen LogP contribution in [0.4, 0.5) is 5.69 Å². The number of anilines is 1. The van der Waals surface area contributed by atoms with Crippen LogP contribution in [0.3, 0.4) is 0 Å². The largest absolute Gasteiger partial charge is 0.508 e. The number of nitrogens with one attached hydrogen (secondary N) is 1. The Bertz CT molecular complexity index is 1700. The van der Waals surface area contributed by atoms with E-state index >= 15 is 0 Å². The number of phenolic OH excluding ortho intramolecular Hbond substituents is 1. The smallest absolute Gasteiger partial charge is 0.161 e. The Morgan fingerprint density at radius 1 is 0.936 bits per heavy atom. The highest BCUT2D eigenvalue weighted by Crippen LogP contribution is 2.32. The zero-order valence-electron chi connectivity index (χ0n) is 27.8. The first kappa shape index (κ1) is 33.7. The van der Waals surface area contributed by atoms with E-state index in [1.165, 1.54) is 24.1 Å². The molecule has 2 N–H and O–H groups in total. The molecule has 0 fully saturated rings. The van der Waals surface area contributed by atoms with Gasteiger partial charge in [0.25, 0.3) is 0 Å². The number of benzene rings is 4. The molecule has 4 aromatic carbocycles. The number of carbonyl (C=O) groups is 1. The summed E-state index contributed by atoms with van der Waals surface area (Å²) in [6, 6.07) is 24.3. The van der Waals surface area contributed by atoms with Crippen molar-refractivity contribution in [3.8, 4) is 29.3 Å². The van der Waals surface area contributed by atoms with Crippen LogP contribution in [0.1, 0.15) is 80.5 Å². The van der Waals surface area contributed by atoms with E-state index in [2.05, 4.69) is 54.6 Å². The van der Waals surface area contributed by atoms with Gasteiger partial charge in [-0.1, -0.05) is 61.6 Å². The summed E-state index contributed by atoms with van der Waals surface area (Å²) in [5.74, 6) is 4.78. The molecule has 246 valence electrons. The molecule has 6 bridgehead atoms. The quantitative estimate of drug-likeness (QED) is 0.127. The van der Waals surface area contributed by atoms with Gasteiger partial charge in [-0.15, -0.1) is 0 Å². The van der Waals surface area contributed by atoms with Gasteiger partial charge in [-0.25, -0.2) is 0 Å². The number of Topliss-reactive ketones (excluding diaryl/α,β-unsaturated/α-hetero) is 1. The SMILES string of the molecule is CCNc1cccc(CCCCCCC[C@@H]2CC(=O)CCc3ccc(OC)c(c3)OCc3ccc4c(c(O)ccc4c3)CC#CO2)c1. The van der Waals surface area contributed by atoms with Crippen molar-refractivity contribution in [1.82, 2.24) is 0 Å². The Kier molecular flexibility index (Phi) is 12.4. The van der Waals surface area contributed by atoms with Gasteiger partial charge in [0.2, 0.25) is 0 Å². The third kappa shape index (κ3) is 9.93.